The zero-order valence-corrected chi connectivity index (χ0v) is 16.3. The standard InChI is InChI=1S/C20H26N4O4/c1-23-12-15(8-22-23)16-9-21-10-17(16)20(25)24(5-6-26-2)11-14-3-4-18-19(7-14)28-13-27-18/h3-4,7-8,12,16-17,21H,5-6,9-11,13H2,1-2H3/t16-,17+/m1/s1. The van der Waals surface area contributed by atoms with Crippen molar-refractivity contribution in [1.82, 2.24) is 20.0 Å². The molecule has 4 rings (SSSR count). The summed E-state index contributed by atoms with van der Waals surface area (Å²) in [5.74, 6) is 1.62. The van der Waals surface area contributed by atoms with Gasteiger partial charge in [-0.15, -0.1) is 0 Å². The maximum Gasteiger partial charge on any atom is 0.231 e. The molecule has 0 radical (unpaired) electrons. The van der Waals surface area contributed by atoms with E-state index in [2.05, 4.69) is 10.4 Å². The Labute approximate surface area is 164 Å². The minimum Gasteiger partial charge on any atom is -0.454 e. The first-order valence-electron chi connectivity index (χ1n) is 9.51. The second-order valence-electron chi connectivity index (χ2n) is 7.26. The van der Waals surface area contributed by atoms with E-state index < -0.39 is 0 Å². The number of carbonyl (C=O) groups is 1. The largest absolute Gasteiger partial charge is 0.454 e. The number of fused-ring (bicyclic) bond motifs is 1. The van der Waals surface area contributed by atoms with Crippen LogP contribution in [-0.4, -0.2) is 60.7 Å². The summed E-state index contributed by atoms with van der Waals surface area (Å²) < 4.78 is 17.9. The molecular formula is C20H26N4O4. The van der Waals surface area contributed by atoms with Crippen LogP contribution in [0.4, 0.5) is 0 Å². The van der Waals surface area contributed by atoms with Gasteiger partial charge in [-0.25, -0.2) is 0 Å². The van der Waals surface area contributed by atoms with Crippen LogP contribution in [0, 0.1) is 5.92 Å². The maximum atomic E-state index is 13.4. The molecule has 1 aromatic heterocycles. The Bertz CT molecular complexity index is 837. The lowest BCUT2D eigenvalue weighted by Crippen LogP contribution is -2.40. The highest BCUT2D eigenvalue weighted by molar-refractivity contribution is 5.80. The van der Waals surface area contributed by atoms with Gasteiger partial charge in [0.05, 0.1) is 18.7 Å². The number of nitrogens with zero attached hydrogens (tertiary/aromatic N) is 3. The fraction of sp³-hybridized carbons (Fsp3) is 0.500. The number of hydrogen-bond donors (Lipinski definition) is 1. The Balaban J connectivity index is 1.52. The summed E-state index contributed by atoms with van der Waals surface area (Å²) in [6, 6.07) is 5.82. The van der Waals surface area contributed by atoms with Crippen LogP contribution in [0.3, 0.4) is 0 Å². The second-order valence-corrected chi connectivity index (χ2v) is 7.26. The number of nitrogens with one attached hydrogen (secondary N) is 1. The Morgan fingerprint density at radius 2 is 2.21 bits per heavy atom. The van der Waals surface area contributed by atoms with Crippen LogP contribution in [0.5, 0.6) is 11.5 Å². The lowest BCUT2D eigenvalue weighted by Gasteiger charge is -2.28. The van der Waals surface area contributed by atoms with E-state index in [0.29, 0.717) is 26.2 Å². The summed E-state index contributed by atoms with van der Waals surface area (Å²) in [5, 5.41) is 7.64. The summed E-state index contributed by atoms with van der Waals surface area (Å²) in [6.45, 7) is 3.24. The van der Waals surface area contributed by atoms with Crippen LogP contribution in [0.1, 0.15) is 17.0 Å². The Hall–Kier alpha value is -2.58. The van der Waals surface area contributed by atoms with Crippen molar-refractivity contribution >= 4 is 5.91 Å². The number of amides is 1. The van der Waals surface area contributed by atoms with E-state index in [9.17, 15) is 4.79 Å². The Morgan fingerprint density at radius 1 is 1.36 bits per heavy atom. The average molecular weight is 386 g/mol. The van der Waals surface area contributed by atoms with Crippen molar-refractivity contribution < 1.29 is 19.0 Å². The molecule has 0 spiro atoms. The van der Waals surface area contributed by atoms with Crippen molar-refractivity contribution in [2.24, 2.45) is 13.0 Å². The summed E-state index contributed by atoms with van der Waals surface area (Å²) in [6.07, 6.45) is 3.85. The first-order chi connectivity index (χ1) is 13.7. The molecule has 3 heterocycles. The highest BCUT2D eigenvalue weighted by Gasteiger charge is 2.37. The molecule has 2 aliphatic heterocycles. The van der Waals surface area contributed by atoms with Crippen molar-refractivity contribution in [2.45, 2.75) is 12.5 Å². The normalized spacial score (nSPS) is 20.5. The summed E-state index contributed by atoms with van der Waals surface area (Å²) in [5.41, 5.74) is 2.11. The van der Waals surface area contributed by atoms with Crippen LogP contribution in [0.15, 0.2) is 30.6 Å². The molecule has 0 unspecified atom stereocenters. The first kappa shape index (κ1) is 18.8. The van der Waals surface area contributed by atoms with Gasteiger partial charge in [-0.05, 0) is 23.3 Å². The third-order valence-corrected chi connectivity index (χ3v) is 5.37. The van der Waals surface area contributed by atoms with Gasteiger partial charge in [0, 0.05) is 52.5 Å². The number of methoxy groups -OCH3 is 1. The molecule has 1 aromatic carbocycles. The summed E-state index contributed by atoms with van der Waals surface area (Å²) >= 11 is 0. The highest BCUT2D eigenvalue weighted by atomic mass is 16.7. The molecule has 2 aliphatic rings. The van der Waals surface area contributed by atoms with E-state index in [1.807, 2.05) is 42.5 Å². The van der Waals surface area contributed by atoms with E-state index >= 15 is 0 Å². The van der Waals surface area contributed by atoms with Crippen molar-refractivity contribution in [3.63, 3.8) is 0 Å². The fourth-order valence-corrected chi connectivity index (χ4v) is 3.88. The van der Waals surface area contributed by atoms with Crippen LogP contribution in [0.25, 0.3) is 0 Å². The van der Waals surface area contributed by atoms with Crippen molar-refractivity contribution in [3.8, 4) is 11.5 Å². The smallest absolute Gasteiger partial charge is 0.231 e. The van der Waals surface area contributed by atoms with Gasteiger partial charge < -0.3 is 24.4 Å². The number of aryl methyl sites for hydroxylation is 1. The predicted molar refractivity (Wildman–Crippen MR) is 102 cm³/mol. The molecule has 2 aromatic rings. The molecule has 28 heavy (non-hydrogen) atoms. The fourth-order valence-electron chi connectivity index (χ4n) is 3.88. The molecule has 1 saturated heterocycles. The van der Waals surface area contributed by atoms with Crippen LogP contribution >= 0.6 is 0 Å². The minimum absolute atomic E-state index is 0.116. The second kappa shape index (κ2) is 8.20. The third-order valence-electron chi connectivity index (χ3n) is 5.37. The SMILES string of the molecule is COCCN(Cc1ccc2c(c1)OCO2)C(=O)[C@H]1CNC[C@@H]1c1cnn(C)c1. The van der Waals surface area contributed by atoms with E-state index in [4.69, 9.17) is 14.2 Å². The number of carbonyl (C=O) groups excluding carboxylic acids is 1. The maximum absolute atomic E-state index is 13.4. The zero-order chi connectivity index (χ0) is 19.5. The Morgan fingerprint density at radius 3 is 3.00 bits per heavy atom. The van der Waals surface area contributed by atoms with Gasteiger partial charge in [-0.3, -0.25) is 9.48 Å². The molecule has 0 aliphatic carbocycles. The summed E-state index contributed by atoms with van der Waals surface area (Å²) in [4.78, 5) is 15.3. The van der Waals surface area contributed by atoms with E-state index in [1.165, 1.54) is 0 Å². The van der Waals surface area contributed by atoms with Crippen LogP contribution in [-0.2, 0) is 23.1 Å². The number of ether oxygens (including phenoxy) is 3. The predicted octanol–water partition coefficient (Wildman–Crippen LogP) is 1.13. The topological polar surface area (TPSA) is 77.8 Å². The molecule has 1 N–H and O–H groups in total. The number of rotatable bonds is 7. The van der Waals surface area contributed by atoms with Crippen molar-refractivity contribution in [2.75, 3.05) is 40.1 Å². The van der Waals surface area contributed by atoms with Gasteiger partial charge in [0.15, 0.2) is 11.5 Å². The summed E-state index contributed by atoms with van der Waals surface area (Å²) in [7, 11) is 3.55. The monoisotopic (exact) mass is 386 g/mol. The Kier molecular flexibility index (Phi) is 5.50. The quantitative estimate of drug-likeness (QED) is 0.769. The third kappa shape index (κ3) is 3.83. The molecule has 8 nitrogen and oxygen atoms in total. The first-order valence-corrected chi connectivity index (χ1v) is 9.51. The highest BCUT2D eigenvalue weighted by Crippen LogP contribution is 2.34. The number of aromatic nitrogens is 2. The molecule has 8 heteroatoms. The van der Waals surface area contributed by atoms with Gasteiger partial charge in [0.1, 0.15) is 0 Å². The van der Waals surface area contributed by atoms with Crippen molar-refractivity contribution in [1.29, 1.82) is 0 Å². The molecule has 0 saturated carbocycles. The number of benzene rings is 1. The molecule has 0 bridgehead atoms. The van der Waals surface area contributed by atoms with Gasteiger partial charge >= 0.3 is 0 Å². The van der Waals surface area contributed by atoms with E-state index in [1.54, 1.807) is 11.8 Å². The van der Waals surface area contributed by atoms with E-state index in [0.717, 1.165) is 29.2 Å². The van der Waals surface area contributed by atoms with Crippen LogP contribution in [0.2, 0.25) is 0 Å². The van der Waals surface area contributed by atoms with Gasteiger partial charge in [0.25, 0.3) is 0 Å². The molecule has 150 valence electrons. The van der Waals surface area contributed by atoms with Gasteiger partial charge in [-0.1, -0.05) is 6.07 Å². The van der Waals surface area contributed by atoms with E-state index in [-0.39, 0.29) is 24.5 Å². The van der Waals surface area contributed by atoms with Crippen molar-refractivity contribution in [3.05, 3.63) is 41.7 Å². The average Bonchev–Trinajstić information content (AvgIpc) is 3.43. The van der Waals surface area contributed by atoms with Gasteiger partial charge in [0.2, 0.25) is 12.7 Å². The lowest BCUT2D eigenvalue weighted by molar-refractivity contribution is -0.136. The molecule has 2 atom stereocenters. The molecule has 1 fully saturated rings. The zero-order valence-electron chi connectivity index (χ0n) is 16.3. The van der Waals surface area contributed by atoms with Crippen LogP contribution < -0.4 is 14.8 Å². The van der Waals surface area contributed by atoms with Gasteiger partial charge in [-0.2, -0.15) is 5.10 Å². The lowest BCUT2D eigenvalue weighted by atomic mass is 9.89. The molecular weight excluding hydrogens is 360 g/mol. The minimum atomic E-state index is -0.116. The number of hydrogen-bond acceptors (Lipinski definition) is 6. The molecule has 1 amide bonds.